The highest BCUT2D eigenvalue weighted by molar-refractivity contribution is 5.85. The van der Waals surface area contributed by atoms with Gasteiger partial charge in [0.1, 0.15) is 0 Å². The van der Waals surface area contributed by atoms with Crippen LogP contribution in [0, 0.1) is 17.3 Å². The van der Waals surface area contributed by atoms with Gasteiger partial charge >= 0.3 is 0 Å². The molecule has 3 fully saturated rings. The molecule has 0 aromatic carbocycles. The molecule has 21 heavy (non-hydrogen) atoms. The number of carbonyl (C=O) groups excluding carboxylic acids is 1. The number of rotatable bonds is 4. The number of hydrogen-bond acceptors (Lipinski definition) is 3. The molecule has 2 heterocycles. The van der Waals surface area contributed by atoms with Crippen LogP contribution in [0.4, 0.5) is 0 Å². The number of carbonyl (C=O) groups is 1. The SMILES string of the molecule is CC1(C(=O)N2CC(CO)C(CN3CCCCCC3)C2)CC1. The fourth-order valence-corrected chi connectivity index (χ4v) is 3.95. The number of likely N-dealkylation sites (tertiary alicyclic amines) is 2. The molecule has 0 radical (unpaired) electrons. The summed E-state index contributed by atoms with van der Waals surface area (Å²) in [5, 5.41) is 9.68. The Hall–Kier alpha value is -0.610. The van der Waals surface area contributed by atoms with Gasteiger partial charge in [-0.1, -0.05) is 19.8 Å². The molecule has 0 bridgehead atoms. The first-order valence-electron chi connectivity index (χ1n) is 8.75. The van der Waals surface area contributed by atoms with Crippen LogP contribution in [-0.2, 0) is 4.79 Å². The zero-order valence-corrected chi connectivity index (χ0v) is 13.4. The minimum Gasteiger partial charge on any atom is -0.396 e. The highest BCUT2D eigenvalue weighted by Gasteiger charge is 2.49. The van der Waals surface area contributed by atoms with E-state index in [1.807, 2.05) is 4.90 Å². The molecular formula is C17H30N2O2. The molecule has 3 rings (SSSR count). The molecule has 3 aliphatic rings. The van der Waals surface area contributed by atoms with Gasteiger partial charge in [0, 0.05) is 37.6 Å². The van der Waals surface area contributed by atoms with E-state index < -0.39 is 0 Å². The van der Waals surface area contributed by atoms with Crippen LogP contribution in [0.2, 0.25) is 0 Å². The Morgan fingerprint density at radius 3 is 2.29 bits per heavy atom. The van der Waals surface area contributed by atoms with E-state index in [9.17, 15) is 9.90 Å². The summed E-state index contributed by atoms with van der Waals surface area (Å²) in [5.41, 5.74) is -0.0719. The molecular weight excluding hydrogens is 264 g/mol. The summed E-state index contributed by atoms with van der Waals surface area (Å²) < 4.78 is 0. The maximum atomic E-state index is 12.5. The minimum absolute atomic E-state index is 0.0719. The van der Waals surface area contributed by atoms with E-state index in [0.717, 1.165) is 32.5 Å². The number of hydrogen-bond donors (Lipinski definition) is 1. The maximum Gasteiger partial charge on any atom is 0.228 e. The van der Waals surface area contributed by atoms with Gasteiger partial charge in [-0.2, -0.15) is 0 Å². The average molecular weight is 294 g/mol. The van der Waals surface area contributed by atoms with Gasteiger partial charge in [-0.15, -0.1) is 0 Å². The normalized spacial score (nSPS) is 33.0. The van der Waals surface area contributed by atoms with Crippen molar-refractivity contribution < 1.29 is 9.90 Å². The number of aliphatic hydroxyl groups is 1. The van der Waals surface area contributed by atoms with Gasteiger partial charge in [0.05, 0.1) is 0 Å². The third kappa shape index (κ3) is 3.42. The van der Waals surface area contributed by atoms with E-state index >= 15 is 0 Å². The van der Waals surface area contributed by atoms with E-state index in [0.29, 0.717) is 11.8 Å². The molecule has 0 aromatic heterocycles. The highest BCUT2D eigenvalue weighted by Crippen LogP contribution is 2.47. The third-order valence-electron chi connectivity index (χ3n) is 5.81. The molecule has 2 atom stereocenters. The van der Waals surface area contributed by atoms with E-state index in [2.05, 4.69) is 11.8 Å². The van der Waals surface area contributed by atoms with Crippen molar-refractivity contribution in [2.45, 2.75) is 45.4 Å². The Morgan fingerprint density at radius 2 is 1.71 bits per heavy atom. The maximum absolute atomic E-state index is 12.5. The van der Waals surface area contributed by atoms with E-state index in [1.165, 1.54) is 38.8 Å². The van der Waals surface area contributed by atoms with Gasteiger partial charge in [-0.3, -0.25) is 4.79 Å². The molecule has 1 saturated carbocycles. The highest BCUT2D eigenvalue weighted by atomic mass is 16.3. The quantitative estimate of drug-likeness (QED) is 0.859. The van der Waals surface area contributed by atoms with E-state index in [4.69, 9.17) is 0 Å². The summed E-state index contributed by atoms with van der Waals surface area (Å²) in [5.74, 6) is 1.07. The third-order valence-corrected chi connectivity index (χ3v) is 5.81. The predicted octanol–water partition coefficient (Wildman–Crippen LogP) is 1.73. The summed E-state index contributed by atoms with van der Waals surface area (Å²) in [6.07, 6.45) is 7.40. The van der Waals surface area contributed by atoms with Crippen molar-refractivity contribution >= 4 is 5.91 Å². The molecule has 120 valence electrons. The second-order valence-corrected chi connectivity index (χ2v) is 7.69. The molecule has 4 heteroatoms. The average Bonchev–Trinajstić information content (AvgIpc) is 3.17. The minimum atomic E-state index is -0.0719. The van der Waals surface area contributed by atoms with Crippen LogP contribution >= 0.6 is 0 Å². The molecule has 2 aliphatic heterocycles. The fraction of sp³-hybridized carbons (Fsp3) is 0.941. The smallest absolute Gasteiger partial charge is 0.228 e. The summed E-state index contributed by atoms with van der Waals surface area (Å²) in [6.45, 7) is 7.39. The molecule has 1 aliphatic carbocycles. The number of aliphatic hydroxyl groups excluding tert-OH is 1. The topological polar surface area (TPSA) is 43.8 Å². The van der Waals surface area contributed by atoms with Crippen LogP contribution in [0.25, 0.3) is 0 Å². The van der Waals surface area contributed by atoms with E-state index in [1.54, 1.807) is 0 Å². The Kier molecular flexibility index (Phi) is 4.55. The van der Waals surface area contributed by atoms with Crippen LogP contribution < -0.4 is 0 Å². The molecule has 1 amide bonds. The van der Waals surface area contributed by atoms with Crippen molar-refractivity contribution in [3.8, 4) is 0 Å². The second-order valence-electron chi connectivity index (χ2n) is 7.69. The van der Waals surface area contributed by atoms with Crippen molar-refractivity contribution in [3.05, 3.63) is 0 Å². The van der Waals surface area contributed by atoms with Gasteiger partial charge in [-0.25, -0.2) is 0 Å². The lowest BCUT2D eigenvalue weighted by Gasteiger charge is -2.26. The first kappa shape index (κ1) is 15.3. The largest absolute Gasteiger partial charge is 0.396 e. The number of amides is 1. The molecule has 2 unspecified atom stereocenters. The summed E-state index contributed by atoms with van der Waals surface area (Å²) in [4.78, 5) is 17.1. The lowest BCUT2D eigenvalue weighted by Crippen LogP contribution is -2.36. The van der Waals surface area contributed by atoms with Gasteiger partial charge in [0.15, 0.2) is 0 Å². The first-order chi connectivity index (χ1) is 10.1. The van der Waals surface area contributed by atoms with Gasteiger partial charge in [0.2, 0.25) is 5.91 Å². The lowest BCUT2D eigenvalue weighted by molar-refractivity contribution is -0.135. The summed E-state index contributed by atoms with van der Waals surface area (Å²) >= 11 is 0. The van der Waals surface area contributed by atoms with Crippen molar-refractivity contribution in [3.63, 3.8) is 0 Å². The molecule has 4 nitrogen and oxygen atoms in total. The standard InChI is InChI=1S/C17H30N2O2/c1-17(6-7-17)16(21)19-11-14(15(12-19)13-20)10-18-8-4-2-3-5-9-18/h14-15,20H,2-13H2,1H3. The van der Waals surface area contributed by atoms with Crippen LogP contribution in [0.5, 0.6) is 0 Å². The van der Waals surface area contributed by atoms with Crippen molar-refractivity contribution in [2.24, 2.45) is 17.3 Å². The fourth-order valence-electron chi connectivity index (χ4n) is 3.95. The van der Waals surface area contributed by atoms with Crippen LogP contribution in [0.3, 0.4) is 0 Å². The Morgan fingerprint density at radius 1 is 1.10 bits per heavy atom. The molecule has 2 saturated heterocycles. The molecule has 0 spiro atoms. The summed E-state index contributed by atoms with van der Waals surface area (Å²) in [6, 6.07) is 0. The zero-order valence-electron chi connectivity index (χ0n) is 13.4. The second kappa shape index (κ2) is 6.25. The van der Waals surface area contributed by atoms with Crippen molar-refractivity contribution in [1.82, 2.24) is 9.80 Å². The van der Waals surface area contributed by atoms with Crippen LogP contribution in [0.1, 0.15) is 45.4 Å². The molecule has 0 aromatic rings. The van der Waals surface area contributed by atoms with E-state index in [-0.39, 0.29) is 17.9 Å². The van der Waals surface area contributed by atoms with Gasteiger partial charge in [-0.05, 0) is 44.7 Å². The monoisotopic (exact) mass is 294 g/mol. The Labute approximate surface area is 128 Å². The van der Waals surface area contributed by atoms with Gasteiger partial charge < -0.3 is 14.9 Å². The predicted molar refractivity (Wildman–Crippen MR) is 82.9 cm³/mol. The zero-order chi connectivity index (χ0) is 14.9. The number of nitrogens with zero attached hydrogens (tertiary/aromatic N) is 2. The first-order valence-corrected chi connectivity index (χ1v) is 8.75. The molecule has 1 N–H and O–H groups in total. The Balaban J connectivity index is 1.57. The van der Waals surface area contributed by atoms with Crippen molar-refractivity contribution in [1.29, 1.82) is 0 Å². The summed E-state index contributed by atoms with van der Waals surface area (Å²) in [7, 11) is 0. The van der Waals surface area contributed by atoms with Crippen LogP contribution in [0.15, 0.2) is 0 Å². The van der Waals surface area contributed by atoms with Crippen molar-refractivity contribution in [2.75, 3.05) is 39.3 Å². The lowest BCUT2D eigenvalue weighted by atomic mass is 9.96. The van der Waals surface area contributed by atoms with Crippen LogP contribution in [-0.4, -0.2) is 60.1 Å². The van der Waals surface area contributed by atoms with Gasteiger partial charge in [0.25, 0.3) is 0 Å². The Bertz CT molecular complexity index is 373.